The van der Waals surface area contributed by atoms with E-state index in [4.69, 9.17) is 10.8 Å². The van der Waals surface area contributed by atoms with Gasteiger partial charge in [0, 0.05) is 0 Å². The van der Waals surface area contributed by atoms with E-state index in [1.165, 1.54) is 50.7 Å². The molecule has 0 bridgehead atoms. The summed E-state index contributed by atoms with van der Waals surface area (Å²) < 4.78 is 0.145. The van der Waals surface area contributed by atoms with Crippen LogP contribution in [0.2, 0.25) is 0 Å². The highest BCUT2D eigenvalue weighted by molar-refractivity contribution is 8.01. The van der Waals surface area contributed by atoms with E-state index in [1.807, 2.05) is 11.8 Å². The second kappa shape index (κ2) is 5.41. The first-order valence-corrected chi connectivity index (χ1v) is 7.42. The molecule has 1 saturated carbocycles. The molecule has 2 aliphatic rings. The Labute approximate surface area is 103 Å². The summed E-state index contributed by atoms with van der Waals surface area (Å²) in [5.74, 6) is 7.93. The van der Waals surface area contributed by atoms with Gasteiger partial charge in [0.05, 0.1) is 10.8 Å². The van der Waals surface area contributed by atoms with Crippen LogP contribution in [0.5, 0.6) is 0 Å². The molecule has 0 spiro atoms. The van der Waals surface area contributed by atoms with Gasteiger partial charge in [0.15, 0.2) is 0 Å². The van der Waals surface area contributed by atoms with E-state index in [0.29, 0.717) is 6.04 Å². The van der Waals surface area contributed by atoms with Crippen LogP contribution >= 0.6 is 11.8 Å². The quantitative estimate of drug-likeness (QED) is 0.338. The number of nitrogens with zero attached hydrogens (tertiary/aromatic N) is 1. The topological polar surface area (TPSA) is 50.4 Å². The molecule has 4 heteroatoms. The molecule has 1 atom stereocenters. The molecule has 2 fully saturated rings. The minimum Gasteiger partial charge on any atom is -0.311 e. The predicted octanol–water partition coefficient (Wildman–Crippen LogP) is 2.47. The summed E-state index contributed by atoms with van der Waals surface area (Å²) in [6.07, 6.45) is 9.01. The van der Waals surface area contributed by atoms with Crippen LogP contribution in [0.25, 0.3) is 0 Å². The third kappa shape index (κ3) is 2.72. The minimum atomic E-state index is 0.145. The molecule has 2 rings (SSSR count). The average molecular weight is 241 g/mol. The molecule has 16 heavy (non-hydrogen) atoms. The van der Waals surface area contributed by atoms with Crippen LogP contribution in [0, 0.1) is 0 Å². The lowest BCUT2D eigenvalue weighted by molar-refractivity contribution is 0.440. The summed E-state index contributed by atoms with van der Waals surface area (Å²) in [5, 5.41) is 0. The molecule has 3 N–H and O–H groups in total. The second-order valence-corrected chi connectivity index (χ2v) is 6.69. The van der Waals surface area contributed by atoms with Crippen molar-refractivity contribution in [1.82, 2.24) is 5.43 Å². The lowest BCUT2D eigenvalue weighted by Crippen LogP contribution is -2.45. The molecular weight excluding hydrogens is 218 g/mol. The molecule has 1 unspecified atom stereocenters. The molecule has 92 valence electrons. The van der Waals surface area contributed by atoms with Gasteiger partial charge in [-0.15, -0.1) is 11.8 Å². The number of aliphatic imine (C=N–C) groups is 1. The fourth-order valence-corrected chi connectivity index (χ4v) is 3.96. The Morgan fingerprint density at radius 3 is 2.62 bits per heavy atom. The molecule has 1 saturated heterocycles. The van der Waals surface area contributed by atoms with Crippen molar-refractivity contribution >= 4 is 17.6 Å². The molecule has 0 aromatic rings. The summed E-state index contributed by atoms with van der Waals surface area (Å²) in [7, 11) is 0. The summed E-state index contributed by atoms with van der Waals surface area (Å²) >= 11 is 1.99. The van der Waals surface area contributed by atoms with Gasteiger partial charge < -0.3 is 5.43 Å². The number of hydrogen-bond donors (Lipinski definition) is 2. The molecule has 0 radical (unpaired) electrons. The maximum Gasteiger partial charge on any atom is 0.127 e. The highest BCUT2D eigenvalue weighted by atomic mass is 32.2. The Morgan fingerprint density at radius 2 is 2.06 bits per heavy atom. The van der Waals surface area contributed by atoms with E-state index in [2.05, 4.69) is 12.3 Å². The third-order valence-electron chi connectivity index (χ3n) is 3.74. The molecule has 0 amide bonds. The van der Waals surface area contributed by atoms with Crippen LogP contribution in [0.1, 0.15) is 51.9 Å². The standard InChI is InChI=1S/C12H23N3S/c1-12(8-5-9-16-12)11(15-13)14-10-6-3-2-4-7-10/h10H,2-9,13H2,1H3,(H,14,15). The molecule has 1 aliphatic carbocycles. The molecular formula is C12H23N3S. The van der Waals surface area contributed by atoms with E-state index in [0.717, 1.165) is 5.84 Å². The average Bonchev–Trinajstić information content (AvgIpc) is 2.75. The highest BCUT2D eigenvalue weighted by Gasteiger charge is 2.35. The SMILES string of the molecule is CC1(C(=NC2CCCCC2)NN)CCCS1. The van der Waals surface area contributed by atoms with Crippen molar-refractivity contribution in [2.75, 3.05) is 5.75 Å². The number of rotatable bonds is 2. The first-order valence-electron chi connectivity index (χ1n) is 6.43. The molecule has 1 aliphatic heterocycles. The molecule has 0 aromatic carbocycles. The fourth-order valence-electron chi connectivity index (χ4n) is 2.69. The van der Waals surface area contributed by atoms with Crippen LogP contribution in [0.15, 0.2) is 4.99 Å². The van der Waals surface area contributed by atoms with Crippen LogP contribution in [0.3, 0.4) is 0 Å². The highest BCUT2D eigenvalue weighted by Crippen LogP contribution is 2.38. The van der Waals surface area contributed by atoms with Crippen molar-refractivity contribution in [3.8, 4) is 0 Å². The van der Waals surface area contributed by atoms with Crippen molar-refractivity contribution in [3.63, 3.8) is 0 Å². The Hall–Kier alpha value is -0.220. The van der Waals surface area contributed by atoms with Gasteiger partial charge in [-0.3, -0.25) is 4.99 Å². The molecule has 3 nitrogen and oxygen atoms in total. The van der Waals surface area contributed by atoms with Crippen molar-refractivity contribution in [3.05, 3.63) is 0 Å². The van der Waals surface area contributed by atoms with Gasteiger partial charge >= 0.3 is 0 Å². The summed E-state index contributed by atoms with van der Waals surface area (Å²) in [4.78, 5) is 4.87. The second-order valence-electron chi connectivity index (χ2n) is 5.10. The minimum absolute atomic E-state index is 0.145. The maximum atomic E-state index is 5.66. The monoisotopic (exact) mass is 241 g/mol. The molecule has 0 aromatic heterocycles. The number of hydrogen-bond acceptors (Lipinski definition) is 3. The fraction of sp³-hybridized carbons (Fsp3) is 0.917. The Morgan fingerprint density at radius 1 is 1.31 bits per heavy atom. The van der Waals surface area contributed by atoms with E-state index >= 15 is 0 Å². The number of hydrazine groups is 1. The van der Waals surface area contributed by atoms with E-state index in [9.17, 15) is 0 Å². The largest absolute Gasteiger partial charge is 0.311 e. The zero-order chi connectivity index (χ0) is 11.4. The van der Waals surface area contributed by atoms with E-state index in [1.54, 1.807) is 0 Å². The zero-order valence-electron chi connectivity index (χ0n) is 10.2. The normalized spacial score (nSPS) is 33.0. The van der Waals surface area contributed by atoms with Crippen LogP contribution in [-0.4, -0.2) is 22.4 Å². The van der Waals surface area contributed by atoms with Gasteiger partial charge in [-0.2, -0.15) is 0 Å². The first-order chi connectivity index (χ1) is 7.74. The van der Waals surface area contributed by atoms with Crippen molar-refractivity contribution < 1.29 is 0 Å². The zero-order valence-corrected chi connectivity index (χ0v) is 11.0. The van der Waals surface area contributed by atoms with Crippen molar-refractivity contribution in [2.24, 2.45) is 10.8 Å². The van der Waals surface area contributed by atoms with Crippen LogP contribution in [0.4, 0.5) is 0 Å². The number of amidine groups is 1. The summed E-state index contributed by atoms with van der Waals surface area (Å²) in [6.45, 7) is 2.27. The van der Waals surface area contributed by atoms with Crippen molar-refractivity contribution in [1.29, 1.82) is 0 Å². The lowest BCUT2D eigenvalue weighted by atomic mass is 9.95. The Balaban J connectivity index is 2.04. The lowest BCUT2D eigenvalue weighted by Gasteiger charge is -2.27. The Bertz CT molecular complexity index is 253. The van der Waals surface area contributed by atoms with Gasteiger partial charge in [0.1, 0.15) is 5.84 Å². The van der Waals surface area contributed by atoms with Gasteiger partial charge in [-0.25, -0.2) is 5.84 Å². The van der Waals surface area contributed by atoms with E-state index in [-0.39, 0.29) is 4.75 Å². The number of thioether (sulfide) groups is 1. The third-order valence-corrected chi connectivity index (χ3v) is 5.27. The van der Waals surface area contributed by atoms with Gasteiger partial charge in [0.25, 0.3) is 0 Å². The van der Waals surface area contributed by atoms with Gasteiger partial charge in [-0.1, -0.05) is 19.3 Å². The number of nitrogens with one attached hydrogen (secondary N) is 1. The van der Waals surface area contributed by atoms with Crippen LogP contribution in [-0.2, 0) is 0 Å². The summed E-state index contributed by atoms with van der Waals surface area (Å²) in [6, 6.07) is 0.512. The first kappa shape index (κ1) is 12.2. The summed E-state index contributed by atoms with van der Waals surface area (Å²) in [5.41, 5.74) is 2.86. The van der Waals surface area contributed by atoms with Gasteiger partial charge in [0.2, 0.25) is 0 Å². The van der Waals surface area contributed by atoms with E-state index < -0.39 is 0 Å². The molecule has 1 heterocycles. The number of nitrogens with two attached hydrogens (primary N) is 1. The van der Waals surface area contributed by atoms with Gasteiger partial charge in [-0.05, 0) is 38.4 Å². The van der Waals surface area contributed by atoms with Crippen LogP contribution < -0.4 is 11.3 Å². The maximum absolute atomic E-state index is 5.66. The van der Waals surface area contributed by atoms with Crippen molar-refractivity contribution in [2.45, 2.75) is 62.7 Å². The Kier molecular flexibility index (Phi) is 4.14. The predicted molar refractivity (Wildman–Crippen MR) is 71.7 cm³/mol. The smallest absolute Gasteiger partial charge is 0.127 e.